The normalized spacial score (nSPS) is 28.3. The van der Waals surface area contributed by atoms with Crippen molar-refractivity contribution in [2.75, 3.05) is 19.8 Å². The van der Waals surface area contributed by atoms with Crippen LogP contribution in [0.3, 0.4) is 0 Å². The average molecular weight is 411 g/mol. The van der Waals surface area contributed by atoms with E-state index >= 15 is 0 Å². The van der Waals surface area contributed by atoms with Crippen LogP contribution < -0.4 is 4.74 Å². The van der Waals surface area contributed by atoms with Crippen LogP contribution in [0.25, 0.3) is 5.76 Å². The molecule has 4 rings (SSSR count). The summed E-state index contributed by atoms with van der Waals surface area (Å²) in [5.41, 5.74) is 0.743. The van der Waals surface area contributed by atoms with Crippen LogP contribution in [0.2, 0.25) is 0 Å². The minimum Gasteiger partial charge on any atom is -0.507 e. The number of allylic oxidation sites excluding steroid dienone is 2. The van der Waals surface area contributed by atoms with Gasteiger partial charge in [0.25, 0.3) is 11.7 Å². The number of aliphatic hydroxyl groups excluding tert-OH is 1. The molecular formula is C24H29NO5. The SMILES string of the molecule is CCOc1ccc(/C(O)=C2\C(=O)C(=O)N(CC3CCCO3)C2C2CC=CCC2)cc1. The third-order valence-electron chi connectivity index (χ3n) is 6.21. The number of likely N-dealkylation sites (tertiary alicyclic amines) is 1. The van der Waals surface area contributed by atoms with E-state index in [0.717, 1.165) is 32.1 Å². The van der Waals surface area contributed by atoms with E-state index in [0.29, 0.717) is 31.1 Å². The first-order chi connectivity index (χ1) is 14.6. The Kier molecular flexibility index (Phi) is 6.23. The molecule has 3 aliphatic rings. The van der Waals surface area contributed by atoms with E-state index in [-0.39, 0.29) is 23.4 Å². The number of rotatable bonds is 6. The summed E-state index contributed by atoms with van der Waals surface area (Å²) in [6.45, 7) is 3.55. The van der Waals surface area contributed by atoms with E-state index in [4.69, 9.17) is 9.47 Å². The molecule has 1 amide bonds. The first-order valence-corrected chi connectivity index (χ1v) is 10.9. The summed E-state index contributed by atoms with van der Waals surface area (Å²) in [5, 5.41) is 11.1. The molecule has 3 unspecified atom stereocenters. The molecule has 1 N–H and O–H groups in total. The van der Waals surface area contributed by atoms with Crippen molar-refractivity contribution in [1.82, 2.24) is 4.90 Å². The average Bonchev–Trinajstić information content (AvgIpc) is 3.37. The lowest BCUT2D eigenvalue weighted by Gasteiger charge is -2.33. The van der Waals surface area contributed by atoms with Crippen molar-refractivity contribution in [3.05, 3.63) is 47.6 Å². The minimum atomic E-state index is -0.598. The van der Waals surface area contributed by atoms with E-state index in [9.17, 15) is 14.7 Å². The number of amides is 1. The Hall–Kier alpha value is -2.60. The molecule has 0 radical (unpaired) electrons. The van der Waals surface area contributed by atoms with Crippen molar-refractivity contribution in [3.63, 3.8) is 0 Å². The van der Waals surface area contributed by atoms with E-state index in [1.165, 1.54) is 0 Å². The standard InChI is InChI=1S/C24H29NO5/c1-2-29-18-12-10-17(11-13-18)22(26)20-21(16-7-4-3-5-8-16)25(24(28)23(20)27)15-19-9-6-14-30-19/h3-4,10-13,16,19,21,26H,2,5-9,14-15H2,1H3/b22-20+. The summed E-state index contributed by atoms with van der Waals surface area (Å²) in [6, 6.07) is 6.56. The second-order valence-electron chi connectivity index (χ2n) is 8.13. The zero-order valence-corrected chi connectivity index (χ0v) is 17.4. The van der Waals surface area contributed by atoms with Gasteiger partial charge in [-0.3, -0.25) is 9.59 Å². The third-order valence-corrected chi connectivity index (χ3v) is 6.21. The maximum atomic E-state index is 13.0. The summed E-state index contributed by atoms with van der Waals surface area (Å²) in [6.07, 6.45) is 8.63. The second-order valence-corrected chi connectivity index (χ2v) is 8.13. The van der Waals surface area contributed by atoms with Crippen LogP contribution in [0.1, 0.15) is 44.6 Å². The first kappa shape index (κ1) is 20.7. The van der Waals surface area contributed by atoms with Gasteiger partial charge in [0, 0.05) is 18.7 Å². The molecule has 2 fully saturated rings. The number of benzene rings is 1. The van der Waals surface area contributed by atoms with Gasteiger partial charge in [0.05, 0.1) is 24.3 Å². The Labute approximate surface area is 177 Å². The van der Waals surface area contributed by atoms with Gasteiger partial charge in [0.2, 0.25) is 0 Å². The Balaban J connectivity index is 1.70. The number of hydrogen-bond acceptors (Lipinski definition) is 5. The predicted octanol–water partition coefficient (Wildman–Crippen LogP) is 3.67. The first-order valence-electron chi connectivity index (χ1n) is 10.9. The molecule has 1 aromatic carbocycles. The van der Waals surface area contributed by atoms with Gasteiger partial charge in [-0.25, -0.2) is 0 Å². The number of Topliss-reactive ketones (excluding diaryl/α,β-unsaturated/α-hetero) is 1. The number of ketones is 1. The van der Waals surface area contributed by atoms with E-state index in [2.05, 4.69) is 12.2 Å². The summed E-state index contributed by atoms with van der Waals surface area (Å²) < 4.78 is 11.2. The number of hydrogen-bond donors (Lipinski definition) is 1. The van der Waals surface area contributed by atoms with Gasteiger partial charge in [-0.05, 0) is 69.2 Å². The van der Waals surface area contributed by atoms with Crippen LogP contribution in [-0.2, 0) is 14.3 Å². The lowest BCUT2D eigenvalue weighted by Crippen LogP contribution is -2.43. The number of aliphatic hydroxyl groups is 1. The molecule has 160 valence electrons. The number of ether oxygens (including phenoxy) is 2. The van der Waals surface area contributed by atoms with Gasteiger partial charge in [0.15, 0.2) is 0 Å². The van der Waals surface area contributed by atoms with Gasteiger partial charge >= 0.3 is 0 Å². The Bertz CT molecular complexity index is 851. The topological polar surface area (TPSA) is 76.1 Å². The zero-order valence-electron chi connectivity index (χ0n) is 17.4. The second kappa shape index (κ2) is 9.04. The van der Waals surface area contributed by atoms with Crippen molar-refractivity contribution in [1.29, 1.82) is 0 Å². The summed E-state index contributed by atoms with van der Waals surface area (Å²) in [7, 11) is 0. The van der Waals surface area contributed by atoms with Crippen molar-refractivity contribution in [2.45, 2.75) is 51.2 Å². The lowest BCUT2D eigenvalue weighted by atomic mass is 9.83. The largest absolute Gasteiger partial charge is 0.507 e. The number of carbonyl (C=O) groups excluding carboxylic acids is 2. The molecule has 2 saturated heterocycles. The fourth-order valence-corrected chi connectivity index (χ4v) is 4.74. The highest BCUT2D eigenvalue weighted by Gasteiger charge is 2.49. The molecule has 1 aliphatic carbocycles. The predicted molar refractivity (Wildman–Crippen MR) is 113 cm³/mol. The van der Waals surface area contributed by atoms with Crippen LogP contribution in [-0.4, -0.2) is 53.6 Å². The van der Waals surface area contributed by atoms with Crippen LogP contribution >= 0.6 is 0 Å². The van der Waals surface area contributed by atoms with Gasteiger partial charge in [-0.15, -0.1) is 0 Å². The monoisotopic (exact) mass is 411 g/mol. The van der Waals surface area contributed by atoms with Crippen LogP contribution in [0, 0.1) is 5.92 Å². The van der Waals surface area contributed by atoms with Gasteiger partial charge in [0.1, 0.15) is 11.5 Å². The molecule has 1 aromatic rings. The van der Waals surface area contributed by atoms with Gasteiger partial charge in [-0.2, -0.15) is 0 Å². The smallest absolute Gasteiger partial charge is 0.295 e. The van der Waals surface area contributed by atoms with Crippen molar-refractivity contribution in [3.8, 4) is 5.75 Å². The Morgan fingerprint density at radius 3 is 2.63 bits per heavy atom. The van der Waals surface area contributed by atoms with E-state index < -0.39 is 17.7 Å². The molecule has 0 spiro atoms. The molecule has 2 aliphatic heterocycles. The Morgan fingerprint density at radius 2 is 2.00 bits per heavy atom. The summed E-state index contributed by atoms with van der Waals surface area (Å²) in [4.78, 5) is 27.7. The molecule has 0 aromatic heterocycles. The van der Waals surface area contributed by atoms with Gasteiger partial charge in [-0.1, -0.05) is 12.2 Å². The fourth-order valence-electron chi connectivity index (χ4n) is 4.74. The minimum absolute atomic E-state index is 0.0460. The molecule has 2 heterocycles. The van der Waals surface area contributed by atoms with Crippen LogP contribution in [0.4, 0.5) is 0 Å². The molecular weight excluding hydrogens is 382 g/mol. The highest BCUT2D eigenvalue weighted by molar-refractivity contribution is 6.46. The quantitative estimate of drug-likeness (QED) is 0.335. The zero-order chi connectivity index (χ0) is 21.1. The Morgan fingerprint density at radius 1 is 1.20 bits per heavy atom. The molecule has 0 bridgehead atoms. The van der Waals surface area contributed by atoms with E-state index in [1.807, 2.05) is 6.92 Å². The molecule has 0 saturated carbocycles. The van der Waals surface area contributed by atoms with Crippen LogP contribution in [0.15, 0.2) is 42.0 Å². The number of carbonyl (C=O) groups is 2. The fraction of sp³-hybridized carbons (Fsp3) is 0.500. The maximum Gasteiger partial charge on any atom is 0.295 e. The third kappa shape index (κ3) is 4.01. The summed E-state index contributed by atoms with van der Waals surface area (Å²) in [5.74, 6) is -0.434. The van der Waals surface area contributed by atoms with Crippen molar-refractivity contribution < 1.29 is 24.2 Å². The highest BCUT2D eigenvalue weighted by atomic mass is 16.5. The molecule has 6 heteroatoms. The molecule has 3 atom stereocenters. The maximum absolute atomic E-state index is 13.0. The van der Waals surface area contributed by atoms with Crippen molar-refractivity contribution >= 4 is 17.4 Å². The molecule has 6 nitrogen and oxygen atoms in total. The lowest BCUT2D eigenvalue weighted by molar-refractivity contribution is -0.141. The molecule has 30 heavy (non-hydrogen) atoms. The van der Waals surface area contributed by atoms with Crippen molar-refractivity contribution in [2.24, 2.45) is 5.92 Å². The number of nitrogens with zero attached hydrogens (tertiary/aromatic N) is 1. The van der Waals surface area contributed by atoms with Gasteiger partial charge < -0.3 is 19.5 Å². The van der Waals surface area contributed by atoms with Crippen LogP contribution in [0.5, 0.6) is 5.75 Å². The van der Waals surface area contributed by atoms with E-state index in [1.54, 1.807) is 29.2 Å². The highest BCUT2D eigenvalue weighted by Crippen LogP contribution is 2.38. The summed E-state index contributed by atoms with van der Waals surface area (Å²) >= 11 is 0.